The number of aliphatic hydroxyl groups excluding tert-OH is 1. The van der Waals surface area contributed by atoms with Crippen molar-refractivity contribution in [2.75, 3.05) is 6.61 Å². The van der Waals surface area contributed by atoms with E-state index in [0.29, 0.717) is 5.75 Å². The lowest BCUT2D eigenvalue weighted by atomic mass is 10.2. The maximum atomic E-state index is 12.8. The lowest BCUT2D eigenvalue weighted by Crippen LogP contribution is -2.30. The third-order valence-electron chi connectivity index (χ3n) is 4.36. The van der Waals surface area contributed by atoms with Crippen molar-refractivity contribution in [1.29, 1.82) is 0 Å². The highest BCUT2D eigenvalue weighted by molar-refractivity contribution is 9.10. The highest BCUT2D eigenvalue weighted by Crippen LogP contribution is 2.34. The molecule has 0 aliphatic heterocycles. The zero-order chi connectivity index (χ0) is 17.4. The summed E-state index contributed by atoms with van der Waals surface area (Å²) < 4.78 is 8.03. The number of hydrogen-bond acceptors (Lipinski definition) is 5. The fourth-order valence-corrected chi connectivity index (χ4v) is 4.64. The van der Waals surface area contributed by atoms with Crippen molar-refractivity contribution >= 4 is 37.5 Å². The molecule has 2 aromatic heterocycles. The summed E-state index contributed by atoms with van der Waals surface area (Å²) in [5.41, 5.74) is 1.10. The van der Waals surface area contributed by atoms with E-state index in [1.54, 1.807) is 11.3 Å². The number of rotatable bonds is 5. The maximum absolute atomic E-state index is 12.8. The summed E-state index contributed by atoms with van der Waals surface area (Å²) >= 11 is 4.99. The predicted molar refractivity (Wildman–Crippen MR) is 102 cm³/mol. The lowest BCUT2D eigenvalue weighted by Gasteiger charge is -2.14. The molecule has 1 aliphatic rings. The molecular weight excluding hydrogens is 404 g/mol. The summed E-state index contributed by atoms with van der Waals surface area (Å²) in [7, 11) is 0. The third-order valence-corrected chi connectivity index (χ3v) is 6.08. The quantitative estimate of drug-likeness (QED) is 0.688. The van der Waals surface area contributed by atoms with E-state index in [9.17, 15) is 9.90 Å². The molecule has 2 heterocycles. The first kappa shape index (κ1) is 16.8. The molecule has 0 saturated heterocycles. The van der Waals surface area contributed by atoms with Crippen LogP contribution in [0.4, 0.5) is 0 Å². The molecule has 0 radical (unpaired) electrons. The molecule has 5 nitrogen and oxygen atoms in total. The Bertz CT molecular complexity index is 965. The Morgan fingerprint density at radius 2 is 2.12 bits per heavy atom. The number of aryl methyl sites for hydroxylation is 2. The van der Waals surface area contributed by atoms with Gasteiger partial charge in [-0.3, -0.25) is 9.36 Å². The molecule has 7 heteroatoms. The molecule has 1 N–H and O–H groups in total. The van der Waals surface area contributed by atoms with Crippen molar-refractivity contribution in [3.63, 3.8) is 0 Å². The van der Waals surface area contributed by atoms with E-state index >= 15 is 0 Å². The third kappa shape index (κ3) is 3.36. The monoisotopic (exact) mass is 420 g/mol. The molecule has 1 unspecified atom stereocenters. The number of nitrogens with zero attached hydrogens (tertiary/aromatic N) is 2. The molecule has 0 bridgehead atoms. The summed E-state index contributed by atoms with van der Waals surface area (Å²) in [4.78, 5) is 19.3. The first-order valence-electron chi connectivity index (χ1n) is 8.18. The first-order chi connectivity index (χ1) is 12.1. The van der Waals surface area contributed by atoms with E-state index in [4.69, 9.17) is 4.74 Å². The van der Waals surface area contributed by atoms with Crippen molar-refractivity contribution in [3.05, 3.63) is 55.9 Å². The van der Waals surface area contributed by atoms with Crippen LogP contribution in [0.25, 0.3) is 10.2 Å². The number of hydrogen-bond donors (Lipinski definition) is 1. The Kier molecular flexibility index (Phi) is 4.62. The van der Waals surface area contributed by atoms with Crippen molar-refractivity contribution in [2.45, 2.75) is 31.9 Å². The Balaban J connectivity index is 1.49. The fourth-order valence-electron chi connectivity index (χ4n) is 3.15. The Morgan fingerprint density at radius 1 is 1.32 bits per heavy atom. The minimum atomic E-state index is -0.785. The van der Waals surface area contributed by atoms with E-state index in [0.717, 1.165) is 39.5 Å². The summed E-state index contributed by atoms with van der Waals surface area (Å²) in [5.74, 6) is 0.679. The molecule has 1 atom stereocenters. The smallest absolute Gasteiger partial charge is 0.262 e. The minimum Gasteiger partial charge on any atom is -0.491 e. The Labute approximate surface area is 157 Å². The number of thiophene rings is 1. The van der Waals surface area contributed by atoms with E-state index in [1.165, 1.54) is 15.8 Å². The van der Waals surface area contributed by atoms with Gasteiger partial charge in [0, 0.05) is 9.35 Å². The Morgan fingerprint density at radius 3 is 2.92 bits per heavy atom. The van der Waals surface area contributed by atoms with Gasteiger partial charge >= 0.3 is 0 Å². The number of fused-ring (bicyclic) bond motifs is 3. The van der Waals surface area contributed by atoms with Crippen molar-refractivity contribution in [1.82, 2.24) is 9.55 Å². The summed E-state index contributed by atoms with van der Waals surface area (Å²) in [6.45, 7) is 0.288. The fraction of sp³-hybridized carbons (Fsp3) is 0.333. The van der Waals surface area contributed by atoms with E-state index in [-0.39, 0.29) is 18.7 Å². The predicted octanol–water partition coefficient (Wildman–Crippen LogP) is 3.15. The van der Waals surface area contributed by atoms with Crippen LogP contribution in [0.3, 0.4) is 0 Å². The zero-order valence-corrected chi connectivity index (χ0v) is 15.8. The van der Waals surface area contributed by atoms with E-state index < -0.39 is 6.10 Å². The number of aliphatic hydroxyl groups is 1. The molecule has 1 aromatic carbocycles. The summed E-state index contributed by atoms with van der Waals surface area (Å²) in [6.07, 6.45) is 3.84. The normalized spacial score (nSPS) is 14.6. The SMILES string of the molecule is O=c1c2c3c(sc2ncn1CC(O)COc1ccc(Br)cc1)CCC3. The van der Waals surface area contributed by atoms with E-state index in [1.807, 2.05) is 24.3 Å². The largest absolute Gasteiger partial charge is 0.491 e. The molecular formula is C18H17BrN2O3S. The van der Waals surface area contributed by atoms with E-state index in [2.05, 4.69) is 20.9 Å². The molecule has 0 fully saturated rings. The van der Waals surface area contributed by atoms with Gasteiger partial charge in [0.15, 0.2) is 0 Å². The number of benzene rings is 1. The zero-order valence-electron chi connectivity index (χ0n) is 13.4. The van der Waals surface area contributed by atoms with Gasteiger partial charge in [-0.25, -0.2) is 4.98 Å². The Hall–Kier alpha value is -1.70. The van der Waals surface area contributed by atoms with Crippen LogP contribution in [0.2, 0.25) is 0 Å². The molecule has 0 amide bonds. The standard InChI is InChI=1S/C18H17BrN2O3S/c19-11-4-6-13(7-5-11)24-9-12(22)8-21-10-20-17-16(18(21)23)14-2-1-3-15(14)25-17/h4-7,10,12,22H,1-3,8-9H2. The van der Waals surface area contributed by atoms with Gasteiger partial charge in [-0.2, -0.15) is 0 Å². The van der Waals surface area contributed by atoms with Gasteiger partial charge in [-0.05, 0) is 49.1 Å². The second kappa shape index (κ2) is 6.90. The van der Waals surface area contributed by atoms with Crippen LogP contribution in [-0.2, 0) is 19.4 Å². The second-order valence-corrected chi connectivity index (χ2v) is 8.16. The number of halogens is 1. The first-order valence-corrected chi connectivity index (χ1v) is 9.79. The van der Waals surface area contributed by atoms with Crippen molar-refractivity contribution < 1.29 is 9.84 Å². The number of aromatic nitrogens is 2. The topological polar surface area (TPSA) is 64.4 Å². The molecule has 0 spiro atoms. The highest BCUT2D eigenvalue weighted by atomic mass is 79.9. The van der Waals surface area contributed by atoms with Gasteiger partial charge in [0.25, 0.3) is 5.56 Å². The lowest BCUT2D eigenvalue weighted by molar-refractivity contribution is 0.0915. The van der Waals surface area contributed by atoms with Gasteiger partial charge < -0.3 is 9.84 Å². The summed E-state index contributed by atoms with van der Waals surface area (Å²) in [5, 5.41) is 11.0. The highest BCUT2D eigenvalue weighted by Gasteiger charge is 2.21. The van der Waals surface area contributed by atoms with Gasteiger partial charge in [0.2, 0.25) is 0 Å². The summed E-state index contributed by atoms with van der Waals surface area (Å²) in [6, 6.07) is 7.40. The molecule has 4 rings (SSSR count). The average molecular weight is 421 g/mol. The molecule has 1 aliphatic carbocycles. The van der Waals surface area contributed by atoms with Gasteiger partial charge in [-0.1, -0.05) is 15.9 Å². The van der Waals surface area contributed by atoms with Crippen LogP contribution < -0.4 is 10.3 Å². The van der Waals surface area contributed by atoms with Crippen LogP contribution in [0.5, 0.6) is 5.75 Å². The van der Waals surface area contributed by atoms with Gasteiger partial charge in [0.1, 0.15) is 23.3 Å². The van der Waals surface area contributed by atoms with Crippen LogP contribution in [0, 0.1) is 0 Å². The molecule has 130 valence electrons. The van der Waals surface area contributed by atoms with Crippen LogP contribution in [0.1, 0.15) is 16.9 Å². The second-order valence-electron chi connectivity index (χ2n) is 6.16. The molecule has 3 aromatic rings. The van der Waals surface area contributed by atoms with Crippen LogP contribution >= 0.6 is 27.3 Å². The van der Waals surface area contributed by atoms with Crippen molar-refractivity contribution in [2.24, 2.45) is 0 Å². The van der Waals surface area contributed by atoms with Gasteiger partial charge in [-0.15, -0.1) is 11.3 Å². The molecule has 25 heavy (non-hydrogen) atoms. The maximum Gasteiger partial charge on any atom is 0.262 e. The van der Waals surface area contributed by atoms with Crippen LogP contribution in [-0.4, -0.2) is 27.4 Å². The van der Waals surface area contributed by atoms with Crippen molar-refractivity contribution in [3.8, 4) is 5.75 Å². The molecule has 0 saturated carbocycles. The minimum absolute atomic E-state index is 0.0629. The van der Waals surface area contributed by atoms with Gasteiger partial charge in [0.05, 0.1) is 18.3 Å². The number of ether oxygens (including phenoxy) is 1. The van der Waals surface area contributed by atoms with Crippen LogP contribution in [0.15, 0.2) is 39.9 Å². The average Bonchev–Trinajstić information content (AvgIpc) is 3.18.